The summed E-state index contributed by atoms with van der Waals surface area (Å²) in [4.78, 5) is -0.459. The summed E-state index contributed by atoms with van der Waals surface area (Å²) in [5.41, 5.74) is 0.530. The van der Waals surface area contributed by atoms with Crippen LogP contribution in [0.5, 0.6) is 11.5 Å². The van der Waals surface area contributed by atoms with Gasteiger partial charge in [-0.25, -0.2) is 8.42 Å². The molecule has 0 aliphatic heterocycles. The standard InChI is InChI=1S/C17H12ClNO4S/c18-13-5-7-14(8-6-13)24(22,23)15(11-19)3-1-2-12-4-9-16(20)17(21)10-12/h1-10,20-21H/b2-1+,15-3+. The summed E-state index contributed by atoms with van der Waals surface area (Å²) < 4.78 is 24.8. The minimum atomic E-state index is -3.94. The van der Waals surface area contributed by atoms with Crippen molar-refractivity contribution in [3.63, 3.8) is 0 Å². The first-order valence-electron chi connectivity index (χ1n) is 6.65. The van der Waals surface area contributed by atoms with Gasteiger partial charge < -0.3 is 10.2 Å². The first kappa shape index (κ1) is 17.6. The molecule has 2 aromatic carbocycles. The van der Waals surface area contributed by atoms with Gasteiger partial charge in [-0.15, -0.1) is 0 Å². The van der Waals surface area contributed by atoms with E-state index in [0.717, 1.165) is 6.08 Å². The lowest BCUT2D eigenvalue weighted by Crippen LogP contribution is -2.03. The zero-order valence-corrected chi connectivity index (χ0v) is 13.8. The Balaban J connectivity index is 2.31. The van der Waals surface area contributed by atoms with Crippen LogP contribution in [0.2, 0.25) is 5.02 Å². The lowest BCUT2D eigenvalue weighted by molar-refractivity contribution is 0.403. The molecule has 5 nitrogen and oxygen atoms in total. The number of allylic oxidation sites excluding steroid dienone is 3. The van der Waals surface area contributed by atoms with E-state index in [9.17, 15) is 18.6 Å². The summed E-state index contributed by atoms with van der Waals surface area (Å²) in [5, 5.41) is 28.1. The average molecular weight is 362 g/mol. The lowest BCUT2D eigenvalue weighted by Gasteiger charge is -2.02. The second kappa shape index (κ2) is 7.21. The van der Waals surface area contributed by atoms with Crippen molar-refractivity contribution in [2.75, 3.05) is 0 Å². The van der Waals surface area contributed by atoms with Gasteiger partial charge in [-0.05, 0) is 48.0 Å². The SMILES string of the molecule is N#C/C(=C\C=C\c1ccc(O)c(O)c1)S(=O)(=O)c1ccc(Cl)cc1. The van der Waals surface area contributed by atoms with Crippen LogP contribution in [0, 0.1) is 11.3 Å². The largest absolute Gasteiger partial charge is 0.504 e. The Morgan fingerprint density at radius 2 is 1.75 bits per heavy atom. The number of rotatable bonds is 4. The number of phenolic OH excluding ortho intramolecular Hbond substituents is 2. The van der Waals surface area contributed by atoms with Crippen LogP contribution >= 0.6 is 11.6 Å². The molecular weight excluding hydrogens is 350 g/mol. The Morgan fingerprint density at radius 3 is 2.33 bits per heavy atom. The number of hydrogen-bond donors (Lipinski definition) is 2. The molecule has 0 aliphatic rings. The third kappa shape index (κ3) is 3.96. The molecule has 122 valence electrons. The van der Waals surface area contributed by atoms with Gasteiger partial charge in [-0.3, -0.25) is 0 Å². The second-order valence-corrected chi connectivity index (χ2v) is 7.06. The van der Waals surface area contributed by atoms with Crippen LogP contribution in [-0.2, 0) is 9.84 Å². The van der Waals surface area contributed by atoms with Gasteiger partial charge in [-0.1, -0.05) is 29.8 Å². The molecule has 0 fully saturated rings. The van der Waals surface area contributed by atoms with E-state index in [0.29, 0.717) is 10.6 Å². The fourth-order valence-corrected chi connectivity index (χ4v) is 3.07. The van der Waals surface area contributed by atoms with Crippen LogP contribution < -0.4 is 0 Å². The maximum Gasteiger partial charge on any atom is 0.216 e. The lowest BCUT2D eigenvalue weighted by atomic mass is 10.2. The van der Waals surface area contributed by atoms with Crippen LogP contribution in [0.3, 0.4) is 0 Å². The van der Waals surface area contributed by atoms with E-state index in [1.807, 2.05) is 0 Å². The fourth-order valence-electron chi connectivity index (χ4n) is 1.82. The number of phenols is 2. The molecule has 2 rings (SSSR count). The number of halogens is 1. The molecule has 7 heteroatoms. The van der Waals surface area contributed by atoms with Crippen molar-refractivity contribution in [3.05, 3.63) is 70.1 Å². The predicted molar refractivity (Wildman–Crippen MR) is 91.1 cm³/mol. The normalized spacial score (nSPS) is 12.2. The molecular formula is C17H12ClNO4S. The Bertz CT molecular complexity index is 955. The molecule has 0 saturated heterocycles. The average Bonchev–Trinajstić information content (AvgIpc) is 2.55. The van der Waals surface area contributed by atoms with Gasteiger partial charge in [-0.2, -0.15) is 5.26 Å². The van der Waals surface area contributed by atoms with Crippen LogP contribution in [0.25, 0.3) is 6.08 Å². The van der Waals surface area contributed by atoms with Crippen molar-refractivity contribution in [3.8, 4) is 17.6 Å². The van der Waals surface area contributed by atoms with Gasteiger partial charge >= 0.3 is 0 Å². The highest BCUT2D eigenvalue weighted by molar-refractivity contribution is 7.95. The Kier molecular flexibility index (Phi) is 5.29. The van der Waals surface area contributed by atoms with E-state index in [1.54, 1.807) is 6.07 Å². The van der Waals surface area contributed by atoms with Gasteiger partial charge in [0.25, 0.3) is 0 Å². The number of nitriles is 1. The van der Waals surface area contributed by atoms with Gasteiger partial charge in [0.2, 0.25) is 9.84 Å². The van der Waals surface area contributed by atoms with Crippen molar-refractivity contribution in [2.24, 2.45) is 0 Å². The number of nitrogens with zero attached hydrogens (tertiary/aromatic N) is 1. The van der Waals surface area contributed by atoms with E-state index in [1.165, 1.54) is 54.6 Å². The van der Waals surface area contributed by atoms with Crippen molar-refractivity contribution in [1.29, 1.82) is 5.26 Å². The number of benzene rings is 2. The molecule has 0 spiro atoms. The van der Waals surface area contributed by atoms with E-state index in [2.05, 4.69) is 0 Å². The van der Waals surface area contributed by atoms with Crippen molar-refractivity contribution >= 4 is 27.5 Å². The maximum absolute atomic E-state index is 12.4. The van der Waals surface area contributed by atoms with Crippen LogP contribution in [-0.4, -0.2) is 18.6 Å². The van der Waals surface area contributed by atoms with Gasteiger partial charge in [0, 0.05) is 5.02 Å². The van der Waals surface area contributed by atoms with Crippen LogP contribution in [0.4, 0.5) is 0 Å². The van der Waals surface area contributed by atoms with Crippen LogP contribution in [0.15, 0.2) is 64.4 Å². The number of aromatic hydroxyl groups is 2. The third-order valence-corrected chi connectivity index (χ3v) is 5.01. The molecule has 0 bridgehead atoms. The molecule has 0 amide bonds. The molecule has 0 unspecified atom stereocenters. The number of sulfone groups is 1. The highest BCUT2D eigenvalue weighted by atomic mass is 35.5. The molecule has 0 radical (unpaired) electrons. The van der Waals surface area contributed by atoms with Crippen molar-refractivity contribution < 1.29 is 18.6 Å². The molecule has 0 heterocycles. The van der Waals surface area contributed by atoms with Gasteiger partial charge in [0.1, 0.15) is 11.0 Å². The number of hydrogen-bond acceptors (Lipinski definition) is 5. The Labute approximate surface area is 144 Å². The fraction of sp³-hybridized carbons (Fsp3) is 0. The summed E-state index contributed by atoms with van der Waals surface area (Å²) in [5.74, 6) is -0.554. The molecule has 0 aromatic heterocycles. The molecule has 2 aromatic rings. The molecule has 0 saturated carbocycles. The molecule has 0 aliphatic carbocycles. The van der Waals surface area contributed by atoms with E-state index in [-0.39, 0.29) is 16.4 Å². The van der Waals surface area contributed by atoms with E-state index < -0.39 is 14.7 Å². The highest BCUT2D eigenvalue weighted by Crippen LogP contribution is 2.25. The third-order valence-electron chi connectivity index (χ3n) is 3.06. The summed E-state index contributed by atoms with van der Waals surface area (Å²) in [6.07, 6.45) is 4.03. The first-order valence-corrected chi connectivity index (χ1v) is 8.52. The Hall–Kier alpha value is -2.75. The zero-order chi connectivity index (χ0) is 17.7. The van der Waals surface area contributed by atoms with E-state index in [4.69, 9.17) is 16.9 Å². The quantitative estimate of drug-likeness (QED) is 0.492. The van der Waals surface area contributed by atoms with Crippen LogP contribution in [0.1, 0.15) is 5.56 Å². The minimum Gasteiger partial charge on any atom is -0.504 e. The summed E-state index contributed by atoms with van der Waals surface area (Å²) >= 11 is 5.73. The summed E-state index contributed by atoms with van der Waals surface area (Å²) in [7, 11) is -3.94. The minimum absolute atomic E-state index is 0.0321. The maximum atomic E-state index is 12.4. The highest BCUT2D eigenvalue weighted by Gasteiger charge is 2.19. The van der Waals surface area contributed by atoms with E-state index >= 15 is 0 Å². The Morgan fingerprint density at radius 1 is 1.08 bits per heavy atom. The topological polar surface area (TPSA) is 98.4 Å². The summed E-state index contributed by atoms with van der Waals surface area (Å²) in [6.45, 7) is 0. The monoisotopic (exact) mass is 361 g/mol. The first-order chi connectivity index (χ1) is 11.3. The van der Waals surface area contributed by atoms with Gasteiger partial charge in [0.15, 0.2) is 11.5 Å². The summed E-state index contributed by atoms with van der Waals surface area (Å²) in [6, 6.07) is 11.3. The zero-order valence-electron chi connectivity index (χ0n) is 12.2. The van der Waals surface area contributed by atoms with Crippen molar-refractivity contribution in [2.45, 2.75) is 4.90 Å². The smallest absolute Gasteiger partial charge is 0.216 e. The second-order valence-electron chi connectivity index (χ2n) is 4.71. The predicted octanol–water partition coefficient (Wildman–Crippen LogP) is 3.65. The molecule has 2 N–H and O–H groups in total. The van der Waals surface area contributed by atoms with Crippen molar-refractivity contribution in [1.82, 2.24) is 0 Å². The molecule has 24 heavy (non-hydrogen) atoms. The molecule has 0 atom stereocenters. The van der Waals surface area contributed by atoms with Gasteiger partial charge in [0.05, 0.1) is 4.90 Å².